The summed E-state index contributed by atoms with van der Waals surface area (Å²) in [5.41, 5.74) is 1.74. The van der Waals surface area contributed by atoms with Gasteiger partial charge in [0.05, 0.1) is 17.8 Å². The lowest BCUT2D eigenvalue weighted by atomic mass is 9.84. The zero-order valence-electron chi connectivity index (χ0n) is 16.9. The molecule has 3 aliphatic rings. The first-order valence-electron chi connectivity index (χ1n) is 10.9. The monoisotopic (exact) mass is 380 g/mol. The number of fused-ring (bicyclic) bond motifs is 2. The average molecular weight is 381 g/mol. The Kier molecular flexibility index (Phi) is 5.87. The molecule has 0 radical (unpaired) electrons. The number of amides is 1. The van der Waals surface area contributed by atoms with Crippen LogP contribution < -0.4 is 10.2 Å². The first kappa shape index (κ1) is 19.3. The fourth-order valence-electron chi connectivity index (χ4n) is 5.73. The van der Waals surface area contributed by atoms with Crippen molar-refractivity contribution in [1.82, 2.24) is 10.2 Å². The molecule has 1 heterocycles. The van der Waals surface area contributed by atoms with Crippen LogP contribution in [0.15, 0.2) is 24.3 Å². The molecule has 4 rings (SSSR count). The maximum atomic E-state index is 12.6. The second-order valence-corrected chi connectivity index (χ2v) is 8.94. The molecular formula is C23H32N4O. The molecule has 1 amide bonds. The molecule has 1 saturated heterocycles. The molecule has 1 aromatic carbocycles. The van der Waals surface area contributed by atoms with E-state index in [2.05, 4.69) is 28.1 Å². The van der Waals surface area contributed by atoms with Crippen LogP contribution in [0.4, 0.5) is 5.69 Å². The molecule has 2 saturated carbocycles. The van der Waals surface area contributed by atoms with Gasteiger partial charge in [-0.25, -0.2) is 0 Å². The zero-order valence-corrected chi connectivity index (χ0v) is 16.9. The van der Waals surface area contributed by atoms with Gasteiger partial charge in [0.2, 0.25) is 5.91 Å². The van der Waals surface area contributed by atoms with E-state index in [1.165, 1.54) is 25.7 Å². The molecule has 5 heteroatoms. The van der Waals surface area contributed by atoms with E-state index < -0.39 is 0 Å². The van der Waals surface area contributed by atoms with Crippen molar-refractivity contribution in [3.63, 3.8) is 0 Å². The lowest BCUT2D eigenvalue weighted by Crippen LogP contribution is -2.45. The molecule has 1 aromatic rings. The van der Waals surface area contributed by atoms with Gasteiger partial charge in [0, 0.05) is 32.2 Å². The van der Waals surface area contributed by atoms with Gasteiger partial charge < -0.3 is 10.2 Å². The number of anilines is 1. The second kappa shape index (κ2) is 8.53. The van der Waals surface area contributed by atoms with E-state index in [-0.39, 0.29) is 5.91 Å². The number of hydrogen-bond donors (Lipinski definition) is 1. The first-order chi connectivity index (χ1) is 13.6. The molecule has 1 aliphatic heterocycles. The van der Waals surface area contributed by atoms with Gasteiger partial charge in [-0.1, -0.05) is 18.6 Å². The van der Waals surface area contributed by atoms with Crippen molar-refractivity contribution in [2.75, 3.05) is 37.6 Å². The third kappa shape index (κ3) is 4.17. The van der Waals surface area contributed by atoms with Gasteiger partial charge >= 0.3 is 0 Å². The number of nitrogens with one attached hydrogen (secondary N) is 1. The van der Waals surface area contributed by atoms with Crippen LogP contribution in [0.5, 0.6) is 0 Å². The molecule has 2 bridgehead atoms. The zero-order chi connectivity index (χ0) is 19.5. The summed E-state index contributed by atoms with van der Waals surface area (Å²) in [5.74, 6) is 2.61. The maximum absolute atomic E-state index is 12.6. The van der Waals surface area contributed by atoms with Crippen LogP contribution >= 0.6 is 0 Å². The highest BCUT2D eigenvalue weighted by Crippen LogP contribution is 2.49. The Balaban J connectivity index is 1.27. The predicted octanol–water partition coefficient (Wildman–Crippen LogP) is 3.01. The van der Waals surface area contributed by atoms with Crippen molar-refractivity contribution < 1.29 is 4.79 Å². The van der Waals surface area contributed by atoms with Crippen molar-refractivity contribution >= 4 is 11.6 Å². The highest BCUT2D eigenvalue weighted by atomic mass is 16.2. The molecule has 4 atom stereocenters. The topological polar surface area (TPSA) is 59.4 Å². The van der Waals surface area contributed by atoms with Gasteiger partial charge in [-0.15, -0.1) is 0 Å². The summed E-state index contributed by atoms with van der Waals surface area (Å²) in [7, 11) is 0. The average Bonchev–Trinajstić information content (AvgIpc) is 3.26. The molecule has 3 fully saturated rings. The van der Waals surface area contributed by atoms with Crippen LogP contribution in [0, 0.1) is 29.1 Å². The highest BCUT2D eigenvalue weighted by Gasteiger charge is 2.42. The van der Waals surface area contributed by atoms with Gasteiger partial charge in [0.25, 0.3) is 0 Å². The fraction of sp³-hybridized carbons (Fsp3) is 0.652. The first-order valence-corrected chi connectivity index (χ1v) is 10.9. The molecule has 2 aliphatic carbocycles. The molecule has 4 unspecified atom stereocenters. The summed E-state index contributed by atoms with van der Waals surface area (Å²) in [4.78, 5) is 17.2. The fourth-order valence-corrected chi connectivity index (χ4v) is 5.73. The minimum absolute atomic E-state index is 0.168. The van der Waals surface area contributed by atoms with E-state index >= 15 is 0 Å². The molecule has 1 N–H and O–H groups in total. The van der Waals surface area contributed by atoms with Gasteiger partial charge in [-0.3, -0.25) is 9.69 Å². The van der Waals surface area contributed by atoms with Crippen LogP contribution in [0.3, 0.4) is 0 Å². The highest BCUT2D eigenvalue weighted by molar-refractivity contribution is 5.78. The predicted molar refractivity (Wildman–Crippen MR) is 111 cm³/mol. The van der Waals surface area contributed by atoms with Crippen LogP contribution in [0.25, 0.3) is 0 Å². The third-order valence-corrected chi connectivity index (χ3v) is 7.14. The summed E-state index contributed by atoms with van der Waals surface area (Å²) in [6.07, 6.45) is 6.47. The molecule has 150 valence electrons. The number of nitrogens with zero attached hydrogens (tertiary/aromatic N) is 3. The minimum atomic E-state index is 0.168. The molecule has 0 aromatic heterocycles. The quantitative estimate of drug-likeness (QED) is 0.853. The van der Waals surface area contributed by atoms with Crippen molar-refractivity contribution in [3.05, 3.63) is 29.8 Å². The normalized spacial score (nSPS) is 28.6. The van der Waals surface area contributed by atoms with Gasteiger partial charge in [-0.05, 0) is 62.5 Å². The summed E-state index contributed by atoms with van der Waals surface area (Å²) >= 11 is 0. The van der Waals surface area contributed by atoms with E-state index in [9.17, 15) is 10.1 Å². The number of carbonyl (C=O) groups is 1. The lowest BCUT2D eigenvalue weighted by Gasteiger charge is -2.29. The number of nitriles is 1. The lowest BCUT2D eigenvalue weighted by molar-refractivity contribution is -0.123. The number of carbonyl (C=O) groups excluding carboxylic acids is 1. The number of benzene rings is 1. The van der Waals surface area contributed by atoms with Crippen molar-refractivity contribution in [1.29, 1.82) is 5.26 Å². The summed E-state index contributed by atoms with van der Waals surface area (Å²) in [6, 6.07) is 10.4. The Labute approximate surface area is 168 Å². The summed E-state index contributed by atoms with van der Waals surface area (Å²) in [5, 5.41) is 12.7. The van der Waals surface area contributed by atoms with E-state index in [0.29, 0.717) is 18.5 Å². The molecule has 5 nitrogen and oxygen atoms in total. The number of para-hydroxylation sites is 1. The number of hydrogen-bond acceptors (Lipinski definition) is 4. The SMILES string of the molecule is CC(NC(=O)CN1CCCN(c2ccccc2C#N)CC1)C1CC2CCC1C2. The van der Waals surface area contributed by atoms with Crippen molar-refractivity contribution in [2.45, 2.75) is 45.1 Å². The maximum Gasteiger partial charge on any atom is 0.234 e. The molecule has 0 spiro atoms. The van der Waals surface area contributed by atoms with Crippen LogP contribution in [-0.2, 0) is 4.79 Å². The van der Waals surface area contributed by atoms with E-state index in [1.807, 2.05) is 24.3 Å². The Morgan fingerprint density at radius 2 is 2.07 bits per heavy atom. The molecular weight excluding hydrogens is 348 g/mol. The largest absolute Gasteiger partial charge is 0.369 e. The minimum Gasteiger partial charge on any atom is -0.369 e. The molecule has 28 heavy (non-hydrogen) atoms. The number of rotatable bonds is 5. The van der Waals surface area contributed by atoms with Crippen molar-refractivity contribution in [2.24, 2.45) is 17.8 Å². The Bertz CT molecular complexity index is 742. The Morgan fingerprint density at radius 3 is 2.82 bits per heavy atom. The smallest absolute Gasteiger partial charge is 0.234 e. The van der Waals surface area contributed by atoms with Gasteiger partial charge in [0.15, 0.2) is 0 Å². The Hall–Kier alpha value is -2.06. The van der Waals surface area contributed by atoms with Gasteiger partial charge in [-0.2, -0.15) is 5.26 Å². The van der Waals surface area contributed by atoms with E-state index in [1.54, 1.807) is 0 Å². The Morgan fingerprint density at radius 1 is 1.21 bits per heavy atom. The third-order valence-electron chi connectivity index (χ3n) is 7.14. The standard InChI is InChI=1S/C23H32N4O/c1-17(21-14-18-7-8-19(21)13-18)25-23(28)16-26-9-4-10-27(12-11-26)22-6-3-2-5-20(22)15-24/h2-3,5-6,17-19,21H,4,7-14,16H2,1H3,(H,25,28). The van der Waals surface area contributed by atoms with E-state index in [0.717, 1.165) is 55.7 Å². The van der Waals surface area contributed by atoms with Crippen LogP contribution in [0.2, 0.25) is 0 Å². The van der Waals surface area contributed by atoms with Gasteiger partial charge in [0.1, 0.15) is 6.07 Å². The van der Waals surface area contributed by atoms with E-state index in [4.69, 9.17) is 0 Å². The van der Waals surface area contributed by atoms with Crippen LogP contribution in [-0.4, -0.2) is 49.6 Å². The van der Waals surface area contributed by atoms with Crippen molar-refractivity contribution in [3.8, 4) is 6.07 Å². The second-order valence-electron chi connectivity index (χ2n) is 8.94. The van der Waals surface area contributed by atoms with Crippen LogP contribution in [0.1, 0.15) is 44.6 Å². The summed E-state index contributed by atoms with van der Waals surface area (Å²) in [6.45, 7) is 6.26. The summed E-state index contributed by atoms with van der Waals surface area (Å²) < 4.78 is 0.